The largest absolute Gasteiger partial charge is 0.494 e. The second-order valence-corrected chi connectivity index (χ2v) is 5.19. The standard InChI is InChI=1S/C15H12FN3O3S/c1-21-14-5-4-10(7-12(14)16)19(8-11-3-2-6-22-11)15(20)13-9-23-18-17-13/h2-7,9H,8H2,1H3. The van der Waals surface area contributed by atoms with Crippen LogP contribution in [-0.2, 0) is 6.54 Å². The number of anilines is 1. The molecule has 3 aromatic rings. The third-order valence-corrected chi connectivity index (χ3v) is 3.67. The number of benzene rings is 1. The van der Waals surface area contributed by atoms with Crippen LogP contribution in [0.5, 0.6) is 5.75 Å². The molecule has 0 N–H and O–H groups in total. The van der Waals surface area contributed by atoms with Gasteiger partial charge < -0.3 is 9.15 Å². The Kier molecular flexibility index (Phi) is 4.33. The van der Waals surface area contributed by atoms with E-state index in [4.69, 9.17) is 9.15 Å². The van der Waals surface area contributed by atoms with Gasteiger partial charge in [-0.1, -0.05) is 4.49 Å². The van der Waals surface area contributed by atoms with Gasteiger partial charge >= 0.3 is 0 Å². The Morgan fingerprint density at radius 1 is 1.43 bits per heavy atom. The van der Waals surface area contributed by atoms with Gasteiger partial charge in [-0.05, 0) is 35.8 Å². The van der Waals surface area contributed by atoms with E-state index in [-0.39, 0.29) is 23.9 Å². The predicted molar refractivity (Wildman–Crippen MR) is 82.1 cm³/mol. The Labute approximate surface area is 135 Å². The minimum atomic E-state index is -0.557. The molecule has 0 radical (unpaired) electrons. The number of hydrogen-bond donors (Lipinski definition) is 0. The minimum absolute atomic E-state index is 0.106. The molecule has 0 fully saturated rings. The Morgan fingerprint density at radius 3 is 2.91 bits per heavy atom. The summed E-state index contributed by atoms with van der Waals surface area (Å²) in [4.78, 5) is 14.0. The molecule has 3 rings (SSSR count). The van der Waals surface area contributed by atoms with Gasteiger partial charge in [0.25, 0.3) is 5.91 Å². The minimum Gasteiger partial charge on any atom is -0.494 e. The van der Waals surface area contributed by atoms with Crippen molar-refractivity contribution < 1.29 is 18.3 Å². The number of halogens is 1. The maximum Gasteiger partial charge on any atom is 0.280 e. The zero-order valence-electron chi connectivity index (χ0n) is 12.1. The van der Waals surface area contributed by atoms with E-state index in [2.05, 4.69) is 9.59 Å². The first-order chi connectivity index (χ1) is 11.2. The highest BCUT2D eigenvalue weighted by molar-refractivity contribution is 7.03. The highest BCUT2D eigenvalue weighted by Crippen LogP contribution is 2.26. The number of nitrogens with zero attached hydrogens (tertiary/aromatic N) is 3. The molecule has 0 spiro atoms. The number of hydrogen-bond acceptors (Lipinski definition) is 6. The van der Waals surface area contributed by atoms with Crippen molar-refractivity contribution >= 4 is 23.1 Å². The molecular formula is C15H12FN3O3S. The summed E-state index contributed by atoms with van der Waals surface area (Å²) in [5.74, 6) is -0.273. The first-order valence-corrected chi connectivity index (χ1v) is 7.47. The van der Waals surface area contributed by atoms with Gasteiger partial charge in [-0.15, -0.1) is 5.10 Å². The third-order valence-electron chi connectivity index (χ3n) is 3.17. The summed E-state index contributed by atoms with van der Waals surface area (Å²) in [6.07, 6.45) is 1.51. The highest BCUT2D eigenvalue weighted by Gasteiger charge is 2.22. The Balaban J connectivity index is 1.97. The fraction of sp³-hybridized carbons (Fsp3) is 0.133. The summed E-state index contributed by atoms with van der Waals surface area (Å²) in [5, 5.41) is 5.32. The lowest BCUT2D eigenvalue weighted by atomic mass is 10.2. The molecule has 0 aliphatic heterocycles. The molecule has 0 atom stereocenters. The number of rotatable bonds is 5. The number of methoxy groups -OCH3 is 1. The van der Waals surface area contributed by atoms with Crippen molar-refractivity contribution in [2.24, 2.45) is 0 Å². The number of carbonyl (C=O) groups excluding carboxylic acids is 1. The number of aromatic nitrogens is 2. The van der Waals surface area contributed by atoms with Crippen LogP contribution in [0.2, 0.25) is 0 Å². The molecule has 23 heavy (non-hydrogen) atoms. The van der Waals surface area contributed by atoms with Crippen LogP contribution < -0.4 is 9.64 Å². The molecular weight excluding hydrogens is 321 g/mol. The lowest BCUT2D eigenvalue weighted by molar-refractivity contribution is 0.0978. The summed E-state index contributed by atoms with van der Waals surface area (Å²) in [7, 11) is 1.38. The molecule has 0 unspecified atom stereocenters. The molecule has 1 amide bonds. The highest BCUT2D eigenvalue weighted by atomic mass is 32.1. The molecule has 8 heteroatoms. The van der Waals surface area contributed by atoms with Crippen LogP contribution >= 0.6 is 11.5 Å². The summed E-state index contributed by atoms with van der Waals surface area (Å²) >= 11 is 1.07. The smallest absolute Gasteiger partial charge is 0.280 e. The van der Waals surface area contributed by atoms with Crippen molar-refractivity contribution in [3.63, 3.8) is 0 Å². The van der Waals surface area contributed by atoms with Crippen molar-refractivity contribution in [3.8, 4) is 5.75 Å². The van der Waals surface area contributed by atoms with Crippen LogP contribution in [0, 0.1) is 5.82 Å². The van der Waals surface area contributed by atoms with Crippen LogP contribution in [0.4, 0.5) is 10.1 Å². The van der Waals surface area contributed by atoms with Gasteiger partial charge in [-0.3, -0.25) is 9.69 Å². The number of furan rings is 1. The summed E-state index contributed by atoms with van der Waals surface area (Å²) in [5.41, 5.74) is 0.565. The summed E-state index contributed by atoms with van der Waals surface area (Å²) in [6, 6.07) is 7.75. The van der Waals surface area contributed by atoms with Crippen molar-refractivity contribution in [3.05, 3.63) is 59.2 Å². The molecule has 0 saturated heterocycles. The van der Waals surface area contributed by atoms with Crippen LogP contribution in [0.15, 0.2) is 46.4 Å². The van der Waals surface area contributed by atoms with Gasteiger partial charge in [-0.2, -0.15) is 0 Å². The van der Waals surface area contributed by atoms with Gasteiger partial charge in [0.1, 0.15) is 5.76 Å². The van der Waals surface area contributed by atoms with Crippen LogP contribution in [0.25, 0.3) is 0 Å². The normalized spacial score (nSPS) is 10.5. The molecule has 2 heterocycles. The lowest BCUT2D eigenvalue weighted by Gasteiger charge is -2.21. The SMILES string of the molecule is COc1ccc(N(Cc2ccco2)C(=O)c2csnn2)cc1F. The van der Waals surface area contributed by atoms with Crippen LogP contribution in [-0.4, -0.2) is 22.6 Å². The molecule has 1 aromatic carbocycles. The predicted octanol–water partition coefficient (Wildman–Crippen LogP) is 3.13. The van der Waals surface area contributed by atoms with E-state index >= 15 is 0 Å². The zero-order valence-corrected chi connectivity index (χ0v) is 12.9. The van der Waals surface area contributed by atoms with E-state index in [0.29, 0.717) is 11.4 Å². The van der Waals surface area contributed by atoms with E-state index in [1.165, 1.54) is 35.8 Å². The average molecular weight is 333 g/mol. The monoisotopic (exact) mass is 333 g/mol. The average Bonchev–Trinajstić information content (AvgIpc) is 3.25. The van der Waals surface area contributed by atoms with E-state index in [1.54, 1.807) is 18.2 Å². The van der Waals surface area contributed by atoms with Gasteiger partial charge in [0.15, 0.2) is 17.3 Å². The Morgan fingerprint density at radius 2 is 2.30 bits per heavy atom. The topological polar surface area (TPSA) is 68.5 Å². The van der Waals surface area contributed by atoms with Crippen molar-refractivity contribution in [1.29, 1.82) is 0 Å². The van der Waals surface area contributed by atoms with Gasteiger partial charge in [0, 0.05) is 17.1 Å². The fourth-order valence-corrected chi connectivity index (χ4v) is 2.49. The quantitative estimate of drug-likeness (QED) is 0.717. The molecule has 0 saturated carbocycles. The van der Waals surface area contributed by atoms with E-state index < -0.39 is 5.82 Å². The molecule has 0 aliphatic carbocycles. The summed E-state index contributed by atoms with van der Waals surface area (Å²) < 4.78 is 27.9. The van der Waals surface area contributed by atoms with Crippen LogP contribution in [0.3, 0.4) is 0 Å². The number of carbonyl (C=O) groups is 1. The van der Waals surface area contributed by atoms with Crippen molar-refractivity contribution in [1.82, 2.24) is 9.59 Å². The first-order valence-electron chi connectivity index (χ1n) is 6.64. The maximum absolute atomic E-state index is 14.0. The van der Waals surface area contributed by atoms with Crippen LogP contribution in [0.1, 0.15) is 16.2 Å². The van der Waals surface area contributed by atoms with E-state index in [0.717, 1.165) is 11.5 Å². The zero-order chi connectivity index (χ0) is 16.2. The Hall–Kier alpha value is -2.74. The molecule has 6 nitrogen and oxygen atoms in total. The summed E-state index contributed by atoms with van der Waals surface area (Å²) in [6.45, 7) is 0.148. The number of ether oxygens (including phenoxy) is 1. The third kappa shape index (κ3) is 3.21. The molecule has 0 bridgehead atoms. The molecule has 118 valence electrons. The Bertz CT molecular complexity index is 790. The second-order valence-electron chi connectivity index (χ2n) is 4.58. The van der Waals surface area contributed by atoms with Crippen molar-refractivity contribution in [2.45, 2.75) is 6.54 Å². The van der Waals surface area contributed by atoms with Crippen molar-refractivity contribution in [2.75, 3.05) is 12.0 Å². The van der Waals surface area contributed by atoms with E-state index in [9.17, 15) is 9.18 Å². The number of amides is 1. The first kappa shape index (κ1) is 15.2. The van der Waals surface area contributed by atoms with Gasteiger partial charge in [0.05, 0.1) is 19.9 Å². The maximum atomic E-state index is 14.0. The van der Waals surface area contributed by atoms with Gasteiger partial charge in [0.2, 0.25) is 0 Å². The molecule has 0 aliphatic rings. The fourth-order valence-electron chi connectivity index (χ4n) is 2.06. The van der Waals surface area contributed by atoms with Gasteiger partial charge in [-0.25, -0.2) is 4.39 Å². The lowest BCUT2D eigenvalue weighted by Crippen LogP contribution is -2.30. The molecule has 2 aromatic heterocycles. The van der Waals surface area contributed by atoms with E-state index in [1.807, 2.05) is 0 Å². The second kappa shape index (κ2) is 6.57.